The molecule has 0 aliphatic carbocycles. The molecule has 0 bridgehead atoms. The van der Waals surface area contributed by atoms with Gasteiger partial charge in [0.25, 0.3) is 0 Å². The van der Waals surface area contributed by atoms with E-state index in [1.54, 1.807) is 16.8 Å². The van der Waals surface area contributed by atoms with Crippen LogP contribution >= 0.6 is 0 Å². The Morgan fingerprint density at radius 3 is 2.36 bits per heavy atom. The van der Waals surface area contributed by atoms with Gasteiger partial charge in [0, 0.05) is 38.1 Å². The maximum absolute atomic E-state index is 13.0. The van der Waals surface area contributed by atoms with E-state index >= 15 is 0 Å². The van der Waals surface area contributed by atoms with Gasteiger partial charge < -0.3 is 4.90 Å². The van der Waals surface area contributed by atoms with Crippen molar-refractivity contribution >= 4 is 12.0 Å². The molecule has 1 unspecified atom stereocenters. The molecule has 1 atom stereocenters. The molecule has 1 saturated heterocycles. The lowest BCUT2D eigenvalue weighted by atomic mass is 10.2. The second kappa shape index (κ2) is 6.27. The SMILES string of the molecule is Cc1ccn(C(C=O)N2CCN(c3ccc(F)cc3)CC2)n1. The highest BCUT2D eigenvalue weighted by molar-refractivity contribution is 5.55. The van der Waals surface area contributed by atoms with Crippen molar-refractivity contribution in [2.24, 2.45) is 0 Å². The van der Waals surface area contributed by atoms with Crippen molar-refractivity contribution < 1.29 is 9.18 Å². The number of carbonyl (C=O) groups is 1. The summed E-state index contributed by atoms with van der Waals surface area (Å²) < 4.78 is 14.7. The van der Waals surface area contributed by atoms with Gasteiger partial charge in [0.1, 0.15) is 5.82 Å². The van der Waals surface area contributed by atoms with E-state index in [-0.39, 0.29) is 12.0 Å². The second-order valence-corrected chi connectivity index (χ2v) is 5.49. The van der Waals surface area contributed by atoms with Crippen LogP contribution in [0.2, 0.25) is 0 Å². The first kappa shape index (κ1) is 14.7. The van der Waals surface area contributed by atoms with Gasteiger partial charge in [-0.15, -0.1) is 0 Å². The topological polar surface area (TPSA) is 41.4 Å². The monoisotopic (exact) mass is 302 g/mol. The van der Waals surface area contributed by atoms with Crippen molar-refractivity contribution in [3.8, 4) is 0 Å². The summed E-state index contributed by atoms with van der Waals surface area (Å²) in [5.74, 6) is -0.225. The van der Waals surface area contributed by atoms with Crippen LogP contribution in [0.3, 0.4) is 0 Å². The van der Waals surface area contributed by atoms with Crippen LogP contribution in [0.5, 0.6) is 0 Å². The number of rotatable bonds is 4. The highest BCUT2D eigenvalue weighted by atomic mass is 19.1. The van der Waals surface area contributed by atoms with Crippen molar-refractivity contribution in [1.29, 1.82) is 0 Å². The molecule has 0 N–H and O–H groups in total. The first-order chi connectivity index (χ1) is 10.7. The van der Waals surface area contributed by atoms with Crippen LogP contribution < -0.4 is 4.90 Å². The smallest absolute Gasteiger partial charge is 0.160 e. The molecule has 0 radical (unpaired) electrons. The third-order valence-corrected chi connectivity index (χ3v) is 4.01. The summed E-state index contributed by atoms with van der Waals surface area (Å²) in [6.07, 6.45) is 2.41. The molecule has 22 heavy (non-hydrogen) atoms. The zero-order valence-electron chi connectivity index (χ0n) is 12.5. The molecule has 3 rings (SSSR count). The molecule has 6 heteroatoms. The van der Waals surface area contributed by atoms with Gasteiger partial charge >= 0.3 is 0 Å². The van der Waals surface area contributed by atoms with Gasteiger partial charge in [-0.2, -0.15) is 5.10 Å². The Kier molecular flexibility index (Phi) is 4.20. The van der Waals surface area contributed by atoms with E-state index in [0.717, 1.165) is 43.8 Å². The van der Waals surface area contributed by atoms with E-state index in [1.165, 1.54) is 12.1 Å². The first-order valence-corrected chi connectivity index (χ1v) is 7.39. The lowest BCUT2D eigenvalue weighted by Gasteiger charge is -2.38. The van der Waals surface area contributed by atoms with Crippen molar-refractivity contribution in [2.75, 3.05) is 31.1 Å². The number of carbonyl (C=O) groups excluding carboxylic acids is 1. The van der Waals surface area contributed by atoms with Gasteiger partial charge in [-0.25, -0.2) is 9.07 Å². The fourth-order valence-corrected chi connectivity index (χ4v) is 2.79. The van der Waals surface area contributed by atoms with E-state index in [2.05, 4.69) is 14.9 Å². The number of aromatic nitrogens is 2. The fraction of sp³-hybridized carbons (Fsp3) is 0.375. The summed E-state index contributed by atoms with van der Waals surface area (Å²) in [7, 11) is 0. The number of aldehydes is 1. The van der Waals surface area contributed by atoms with E-state index in [4.69, 9.17) is 0 Å². The standard InChI is InChI=1S/C16H19FN4O/c1-13-6-7-21(18-13)16(12-22)20-10-8-19(9-11-20)15-4-2-14(17)3-5-15/h2-7,12,16H,8-11H2,1H3. The van der Waals surface area contributed by atoms with E-state index < -0.39 is 0 Å². The Bertz CT molecular complexity index is 632. The molecule has 0 spiro atoms. The van der Waals surface area contributed by atoms with Crippen LogP contribution in [-0.4, -0.2) is 47.1 Å². The van der Waals surface area contributed by atoms with Gasteiger partial charge in [-0.1, -0.05) is 0 Å². The van der Waals surface area contributed by atoms with Crippen LogP contribution in [0, 0.1) is 12.7 Å². The average Bonchev–Trinajstić information content (AvgIpc) is 2.96. The Hall–Kier alpha value is -2.21. The Morgan fingerprint density at radius 2 is 1.82 bits per heavy atom. The van der Waals surface area contributed by atoms with E-state index in [9.17, 15) is 9.18 Å². The molecule has 1 fully saturated rings. The number of benzene rings is 1. The second-order valence-electron chi connectivity index (χ2n) is 5.49. The molecule has 1 aliphatic rings. The Labute approximate surface area is 128 Å². The highest BCUT2D eigenvalue weighted by Gasteiger charge is 2.25. The summed E-state index contributed by atoms with van der Waals surface area (Å²) in [5.41, 5.74) is 1.91. The largest absolute Gasteiger partial charge is 0.369 e. The predicted octanol–water partition coefficient (Wildman–Crippen LogP) is 1.85. The van der Waals surface area contributed by atoms with Crippen molar-refractivity contribution in [3.63, 3.8) is 0 Å². The summed E-state index contributed by atoms with van der Waals surface area (Å²) in [6, 6.07) is 8.42. The molecule has 2 heterocycles. The fourth-order valence-electron chi connectivity index (χ4n) is 2.79. The summed E-state index contributed by atoms with van der Waals surface area (Å²) >= 11 is 0. The molecule has 1 aliphatic heterocycles. The average molecular weight is 302 g/mol. The maximum atomic E-state index is 13.0. The maximum Gasteiger partial charge on any atom is 0.160 e. The lowest BCUT2D eigenvalue weighted by molar-refractivity contribution is -0.116. The minimum atomic E-state index is -0.357. The molecule has 5 nitrogen and oxygen atoms in total. The molecule has 0 saturated carbocycles. The number of anilines is 1. The van der Waals surface area contributed by atoms with Gasteiger partial charge in [-0.05, 0) is 37.3 Å². The van der Waals surface area contributed by atoms with Crippen LogP contribution in [0.25, 0.3) is 0 Å². The third kappa shape index (κ3) is 3.01. The number of halogens is 1. The van der Waals surface area contributed by atoms with Gasteiger partial charge in [0.15, 0.2) is 12.5 Å². The molecule has 1 aromatic carbocycles. The van der Waals surface area contributed by atoms with Crippen LogP contribution in [-0.2, 0) is 4.79 Å². The number of aryl methyl sites for hydroxylation is 1. The first-order valence-electron chi connectivity index (χ1n) is 7.39. The van der Waals surface area contributed by atoms with Crippen molar-refractivity contribution in [3.05, 3.63) is 48.0 Å². The summed E-state index contributed by atoms with van der Waals surface area (Å²) in [4.78, 5) is 15.8. The molecule has 1 aromatic heterocycles. The third-order valence-electron chi connectivity index (χ3n) is 4.01. The molecular weight excluding hydrogens is 283 g/mol. The highest BCUT2D eigenvalue weighted by Crippen LogP contribution is 2.19. The van der Waals surface area contributed by atoms with Gasteiger partial charge in [-0.3, -0.25) is 9.69 Å². The molecular formula is C16H19FN4O. The minimum absolute atomic E-state index is 0.225. The van der Waals surface area contributed by atoms with Crippen molar-refractivity contribution in [1.82, 2.24) is 14.7 Å². The predicted molar refractivity (Wildman–Crippen MR) is 82.3 cm³/mol. The molecule has 2 aromatic rings. The van der Waals surface area contributed by atoms with Gasteiger partial charge in [0.05, 0.1) is 5.69 Å². The van der Waals surface area contributed by atoms with Crippen LogP contribution in [0.1, 0.15) is 11.9 Å². The number of piperazine rings is 1. The normalized spacial score (nSPS) is 17.5. The number of hydrogen-bond donors (Lipinski definition) is 0. The van der Waals surface area contributed by atoms with Crippen molar-refractivity contribution in [2.45, 2.75) is 13.1 Å². The summed E-state index contributed by atoms with van der Waals surface area (Å²) in [6.45, 7) is 5.04. The zero-order chi connectivity index (χ0) is 15.5. The number of nitrogens with zero attached hydrogens (tertiary/aromatic N) is 4. The minimum Gasteiger partial charge on any atom is -0.369 e. The Balaban J connectivity index is 1.65. The van der Waals surface area contributed by atoms with Crippen LogP contribution in [0.4, 0.5) is 10.1 Å². The van der Waals surface area contributed by atoms with Gasteiger partial charge in [0.2, 0.25) is 0 Å². The van der Waals surface area contributed by atoms with Crippen LogP contribution in [0.15, 0.2) is 36.5 Å². The molecule has 116 valence electrons. The van der Waals surface area contributed by atoms with E-state index in [0.29, 0.717) is 0 Å². The lowest BCUT2D eigenvalue weighted by Crippen LogP contribution is -2.49. The molecule has 0 amide bonds. The number of hydrogen-bond acceptors (Lipinski definition) is 4. The summed E-state index contributed by atoms with van der Waals surface area (Å²) in [5, 5.41) is 4.33. The quantitative estimate of drug-likeness (QED) is 0.808. The zero-order valence-corrected chi connectivity index (χ0v) is 12.5. The van der Waals surface area contributed by atoms with E-state index in [1.807, 2.05) is 19.2 Å². The Morgan fingerprint density at radius 1 is 1.14 bits per heavy atom.